The number of esters is 1. The van der Waals surface area contributed by atoms with Gasteiger partial charge in [-0.25, -0.2) is 4.79 Å². The molecule has 9 heteroatoms. The molecule has 0 aliphatic heterocycles. The number of hydrogen-bond acceptors (Lipinski definition) is 4. The fourth-order valence-electron chi connectivity index (χ4n) is 2.25. The van der Waals surface area contributed by atoms with Crippen LogP contribution in [0.15, 0.2) is 36.4 Å². The third-order valence-corrected chi connectivity index (χ3v) is 5.05. The molecule has 2 rings (SSSR count). The van der Waals surface area contributed by atoms with Crippen molar-refractivity contribution >= 4 is 48.2 Å². The minimum Gasteiger partial charge on any atom is -0.497 e. The van der Waals surface area contributed by atoms with Crippen molar-refractivity contribution in [1.29, 1.82) is 0 Å². The molecule has 0 spiro atoms. The number of carbonyl (C=O) groups is 1. The molecule has 0 radical (unpaired) electrons. The molecule has 0 atom stereocenters. The first-order chi connectivity index (χ1) is 12.2. The molecule has 138 valence electrons. The van der Waals surface area contributed by atoms with Crippen molar-refractivity contribution in [3.63, 3.8) is 0 Å². The Bertz CT molecular complexity index is 896. The van der Waals surface area contributed by atoms with Crippen molar-refractivity contribution in [2.75, 3.05) is 14.2 Å². The van der Waals surface area contributed by atoms with Gasteiger partial charge in [0.05, 0.1) is 35.1 Å². The van der Waals surface area contributed by atoms with E-state index in [4.69, 9.17) is 27.9 Å². The predicted molar refractivity (Wildman–Crippen MR) is 101 cm³/mol. The molecule has 2 aromatic rings. The smallest absolute Gasteiger partial charge is 0.356 e. The van der Waals surface area contributed by atoms with Gasteiger partial charge < -0.3 is 19.3 Å². The Labute approximate surface area is 160 Å². The van der Waals surface area contributed by atoms with E-state index >= 15 is 0 Å². The van der Waals surface area contributed by atoms with E-state index in [-0.39, 0.29) is 26.5 Å². The minimum atomic E-state index is -4.63. The lowest BCUT2D eigenvalue weighted by Crippen LogP contribution is -2.03. The van der Waals surface area contributed by atoms with Crippen molar-refractivity contribution in [2.45, 2.75) is 0 Å². The molecule has 0 aliphatic rings. The molecule has 0 bridgehead atoms. The lowest BCUT2D eigenvalue weighted by atomic mass is 10.1. The normalized spacial score (nSPS) is 12.0. The average molecular weight is 417 g/mol. The first-order valence-corrected chi connectivity index (χ1v) is 9.53. The van der Waals surface area contributed by atoms with Crippen LogP contribution in [0, 0.1) is 0 Å². The molecule has 2 aromatic carbocycles. The molecule has 26 heavy (non-hydrogen) atoms. The minimum absolute atomic E-state index is 0.00584. The lowest BCUT2D eigenvalue weighted by Gasteiger charge is -2.12. The highest BCUT2D eigenvalue weighted by molar-refractivity contribution is 7.63. The molecular weight excluding hydrogens is 402 g/mol. The van der Waals surface area contributed by atoms with Gasteiger partial charge in [0.25, 0.3) is 0 Å². The summed E-state index contributed by atoms with van der Waals surface area (Å²) in [5.41, 5.74) is 0.572. The van der Waals surface area contributed by atoms with Crippen LogP contribution in [-0.4, -0.2) is 30.0 Å². The van der Waals surface area contributed by atoms with E-state index in [2.05, 4.69) is 4.74 Å². The second-order valence-electron chi connectivity index (χ2n) is 5.16. The summed E-state index contributed by atoms with van der Waals surface area (Å²) < 4.78 is 21.7. The van der Waals surface area contributed by atoms with Crippen molar-refractivity contribution in [2.24, 2.45) is 0 Å². The molecule has 2 N–H and O–H groups in total. The predicted octanol–water partition coefficient (Wildman–Crippen LogP) is 4.46. The standard InChI is InChI=1S/C17H15Cl2O6P/c1-24-12-5-3-4-11(9-12)15(26(21,22)23)8-10-6-13(18)16(14(19)7-10)17(20)25-2/h3-9H,1-2H3,(H2,21,22,23)/b15-8+. The van der Waals surface area contributed by atoms with Crippen LogP contribution in [0.2, 0.25) is 10.0 Å². The number of benzene rings is 2. The van der Waals surface area contributed by atoms with Gasteiger partial charge in [-0.15, -0.1) is 0 Å². The molecule has 0 aliphatic carbocycles. The Balaban J connectivity index is 2.62. The fraction of sp³-hybridized carbons (Fsp3) is 0.118. The Hall–Kier alpha value is -1.82. The molecular formula is C17H15Cl2O6P. The molecule has 6 nitrogen and oxygen atoms in total. The fourth-order valence-corrected chi connectivity index (χ4v) is 3.70. The molecule has 0 saturated carbocycles. The summed E-state index contributed by atoms with van der Waals surface area (Å²) in [6, 6.07) is 9.04. The Kier molecular flexibility index (Phi) is 6.50. The molecule has 0 heterocycles. The van der Waals surface area contributed by atoms with Crippen LogP contribution in [0.5, 0.6) is 5.75 Å². The first-order valence-electron chi connectivity index (χ1n) is 7.17. The van der Waals surface area contributed by atoms with Gasteiger partial charge in [0.1, 0.15) is 5.75 Å². The van der Waals surface area contributed by atoms with E-state index in [1.165, 1.54) is 38.5 Å². The van der Waals surface area contributed by atoms with Crippen molar-refractivity contribution < 1.29 is 28.6 Å². The number of hydrogen-bond donors (Lipinski definition) is 2. The Morgan fingerprint density at radius 1 is 1.12 bits per heavy atom. The third-order valence-electron chi connectivity index (χ3n) is 3.44. The maximum Gasteiger partial charge on any atom is 0.356 e. The zero-order chi connectivity index (χ0) is 19.5. The molecule has 0 saturated heterocycles. The second kappa shape index (κ2) is 8.25. The number of carbonyl (C=O) groups excluding carboxylic acids is 1. The van der Waals surface area contributed by atoms with Crippen LogP contribution in [0.25, 0.3) is 11.4 Å². The van der Waals surface area contributed by atoms with E-state index in [1.54, 1.807) is 18.2 Å². The molecule has 0 aromatic heterocycles. The summed E-state index contributed by atoms with van der Waals surface area (Å²) in [4.78, 5) is 31.2. The van der Waals surface area contributed by atoms with Gasteiger partial charge >= 0.3 is 13.6 Å². The van der Waals surface area contributed by atoms with E-state index < -0.39 is 13.6 Å². The number of rotatable bonds is 5. The number of methoxy groups -OCH3 is 2. The number of halogens is 2. The van der Waals surface area contributed by atoms with Crippen molar-refractivity contribution in [3.05, 3.63) is 63.1 Å². The molecule has 0 amide bonds. The lowest BCUT2D eigenvalue weighted by molar-refractivity contribution is 0.0601. The van der Waals surface area contributed by atoms with Crippen LogP contribution in [0.4, 0.5) is 0 Å². The highest BCUT2D eigenvalue weighted by atomic mass is 35.5. The average Bonchev–Trinajstić information content (AvgIpc) is 2.57. The quantitative estimate of drug-likeness (QED) is 0.424. The summed E-state index contributed by atoms with van der Waals surface area (Å²) in [6.07, 6.45) is 1.26. The Morgan fingerprint density at radius 3 is 2.23 bits per heavy atom. The van der Waals surface area contributed by atoms with E-state index in [0.717, 1.165) is 0 Å². The van der Waals surface area contributed by atoms with Crippen LogP contribution >= 0.6 is 30.8 Å². The van der Waals surface area contributed by atoms with Crippen LogP contribution in [0.1, 0.15) is 21.5 Å². The van der Waals surface area contributed by atoms with Gasteiger partial charge in [0, 0.05) is 0 Å². The highest BCUT2D eigenvalue weighted by Crippen LogP contribution is 2.52. The summed E-state index contributed by atoms with van der Waals surface area (Å²) >= 11 is 12.1. The van der Waals surface area contributed by atoms with Gasteiger partial charge in [-0.3, -0.25) is 4.57 Å². The monoisotopic (exact) mass is 416 g/mol. The summed E-state index contributed by atoms with van der Waals surface area (Å²) in [5.74, 6) is -0.266. The van der Waals surface area contributed by atoms with Crippen molar-refractivity contribution in [1.82, 2.24) is 0 Å². The molecule has 0 fully saturated rings. The topological polar surface area (TPSA) is 93.1 Å². The van der Waals surface area contributed by atoms with Crippen LogP contribution < -0.4 is 4.74 Å². The van der Waals surface area contributed by atoms with E-state index in [1.807, 2.05) is 0 Å². The maximum atomic E-state index is 12.0. The van der Waals surface area contributed by atoms with Crippen LogP contribution in [0.3, 0.4) is 0 Å². The van der Waals surface area contributed by atoms with E-state index in [0.29, 0.717) is 11.3 Å². The van der Waals surface area contributed by atoms with Crippen molar-refractivity contribution in [3.8, 4) is 5.75 Å². The largest absolute Gasteiger partial charge is 0.497 e. The summed E-state index contributed by atoms with van der Waals surface area (Å²) in [6.45, 7) is 0. The SMILES string of the molecule is COC(=O)c1c(Cl)cc(/C=C(\c2cccc(OC)c2)P(=O)(O)O)cc1Cl. The zero-order valence-corrected chi connectivity index (χ0v) is 16.2. The number of ether oxygens (including phenoxy) is 2. The highest BCUT2D eigenvalue weighted by Gasteiger charge is 2.24. The Morgan fingerprint density at radius 2 is 1.73 bits per heavy atom. The third kappa shape index (κ3) is 4.67. The second-order valence-corrected chi connectivity index (χ2v) is 7.54. The van der Waals surface area contributed by atoms with Gasteiger partial charge in [0.2, 0.25) is 0 Å². The van der Waals surface area contributed by atoms with Crippen LogP contribution in [-0.2, 0) is 9.30 Å². The van der Waals surface area contributed by atoms with Gasteiger partial charge in [-0.05, 0) is 41.5 Å². The summed E-state index contributed by atoms with van der Waals surface area (Å²) in [7, 11) is -1.99. The van der Waals surface area contributed by atoms with Gasteiger partial charge in [0.15, 0.2) is 0 Å². The summed E-state index contributed by atoms with van der Waals surface area (Å²) in [5, 5.41) is -0.230. The zero-order valence-electron chi connectivity index (χ0n) is 13.8. The first kappa shape index (κ1) is 20.5. The van der Waals surface area contributed by atoms with Gasteiger partial charge in [-0.2, -0.15) is 0 Å². The maximum absolute atomic E-state index is 12.0. The molecule has 0 unspecified atom stereocenters. The van der Waals surface area contributed by atoms with Gasteiger partial charge in [-0.1, -0.05) is 35.3 Å². The van der Waals surface area contributed by atoms with E-state index in [9.17, 15) is 19.1 Å².